The minimum atomic E-state index is -2.27. The molecule has 0 saturated carbocycles. The second-order valence-corrected chi connectivity index (χ2v) is 4.61. The zero-order valence-corrected chi connectivity index (χ0v) is 11.7. The van der Waals surface area contributed by atoms with Crippen LogP contribution in [0.4, 0.5) is 0 Å². The Bertz CT molecular complexity index is 892. The smallest absolute Gasteiger partial charge is 0.332 e. The quantitative estimate of drug-likeness (QED) is 0.837. The van der Waals surface area contributed by atoms with E-state index in [-0.39, 0.29) is 36.9 Å². The van der Waals surface area contributed by atoms with Crippen molar-refractivity contribution in [2.24, 2.45) is 14.1 Å². The van der Waals surface area contributed by atoms with Gasteiger partial charge in [0.05, 0.1) is 13.8 Å². The van der Waals surface area contributed by atoms with E-state index >= 15 is 0 Å². The third-order valence-electron chi connectivity index (χ3n) is 3.08. The van der Waals surface area contributed by atoms with Crippen LogP contribution in [0.2, 0.25) is 0 Å². The lowest BCUT2D eigenvalue weighted by Gasteiger charge is -2.09. The zero-order chi connectivity index (χ0) is 18.4. The van der Waals surface area contributed by atoms with Crippen LogP contribution in [0.15, 0.2) is 15.9 Å². The summed E-state index contributed by atoms with van der Waals surface area (Å²) < 4.78 is 33.8. The van der Waals surface area contributed by atoms with Gasteiger partial charge in [-0.1, -0.05) is 0 Å². The first-order chi connectivity index (χ1) is 10.9. The predicted molar refractivity (Wildman–Crippen MR) is 75.7 cm³/mol. The second kappa shape index (κ2) is 5.62. The molecule has 0 fully saturated rings. The van der Waals surface area contributed by atoms with Gasteiger partial charge in [0.25, 0.3) is 5.56 Å². The van der Waals surface area contributed by atoms with E-state index in [0.717, 1.165) is 11.5 Å². The first kappa shape index (κ1) is 9.93. The zero-order valence-electron chi connectivity index (χ0n) is 15.7. The van der Waals surface area contributed by atoms with Crippen molar-refractivity contribution in [3.05, 3.63) is 27.1 Å². The van der Waals surface area contributed by atoms with Gasteiger partial charge in [-0.05, 0) is 26.1 Å². The Kier molecular flexibility index (Phi) is 2.79. The summed E-state index contributed by atoms with van der Waals surface area (Å²) in [5, 5.41) is 9.50. The van der Waals surface area contributed by atoms with Gasteiger partial charge in [0.2, 0.25) is 0 Å². The summed E-state index contributed by atoms with van der Waals surface area (Å²) in [4.78, 5) is 28.7. The molecule has 0 aliphatic carbocycles. The lowest BCUT2D eigenvalue weighted by atomic mass is 10.2. The number of aromatic nitrogens is 4. The molecular formula is C13H20N4O3. The SMILES string of the molecule is [2H]c1nc2c(c(=O)n(CCCC([2H])([2H])C([2H])(C)O)c(=O)n2C)n1C. The molecule has 2 heterocycles. The summed E-state index contributed by atoms with van der Waals surface area (Å²) in [7, 11) is 2.95. The van der Waals surface area contributed by atoms with Gasteiger partial charge < -0.3 is 9.67 Å². The van der Waals surface area contributed by atoms with Crippen molar-refractivity contribution >= 4 is 11.2 Å². The molecule has 7 nitrogen and oxygen atoms in total. The molecule has 0 aliphatic heterocycles. The normalized spacial score (nSPS) is 18.2. The van der Waals surface area contributed by atoms with Gasteiger partial charge >= 0.3 is 5.69 Å². The highest BCUT2D eigenvalue weighted by molar-refractivity contribution is 5.69. The van der Waals surface area contributed by atoms with E-state index in [4.69, 9.17) is 5.48 Å². The largest absolute Gasteiger partial charge is 0.393 e. The van der Waals surface area contributed by atoms with Crippen molar-refractivity contribution in [2.45, 2.75) is 38.8 Å². The average Bonchev–Trinajstić information content (AvgIpc) is 2.75. The van der Waals surface area contributed by atoms with Gasteiger partial charge in [-0.3, -0.25) is 13.9 Å². The fraction of sp³-hybridized carbons (Fsp3) is 0.615. The summed E-state index contributed by atoms with van der Waals surface area (Å²) >= 11 is 0. The van der Waals surface area contributed by atoms with Crippen LogP contribution in [-0.2, 0) is 20.6 Å². The van der Waals surface area contributed by atoms with E-state index in [1.807, 2.05) is 0 Å². The first-order valence-electron chi connectivity index (χ1n) is 8.23. The molecule has 110 valence electrons. The molecule has 0 aromatic carbocycles. The summed E-state index contributed by atoms with van der Waals surface area (Å²) in [5.41, 5.74) is -0.959. The van der Waals surface area contributed by atoms with E-state index in [2.05, 4.69) is 4.98 Å². The van der Waals surface area contributed by atoms with Crippen LogP contribution in [0, 0.1) is 0 Å². The topological polar surface area (TPSA) is 82.1 Å². The standard InChI is InChI=1S/C13H20N4O3/c1-9(18)6-4-5-7-17-12(19)10-11(14-8-15(10)2)16(3)13(17)20/h8-9,18H,4-7H2,1-3H3/i6D2,8D,9D. The second-order valence-electron chi connectivity index (χ2n) is 4.61. The first-order valence-corrected chi connectivity index (χ1v) is 6.23. The molecule has 0 radical (unpaired) electrons. The number of hydrogen-bond donors (Lipinski definition) is 1. The van der Waals surface area contributed by atoms with Gasteiger partial charge in [0.1, 0.15) is 1.37 Å². The molecule has 1 N–H and O–H groups in total. The predicted octanol–water partition coefficient (Wildman–Crippen LogP) is -0.0152. The molecule has 20 heavy (non-hydrogen) atoms. The van der Waals surface area contributed by atoms with Crippen LogP contribution >= 0.6 is 0 Å². The molecular weight excluding hydrogens is 260 g/mol. The Balaban J connectivity index is 2.39. The van der Waals surface area contributed by atoms with Crippen molar-refractivity contribution < 1.29 is 10.6 Å². The lowest BCUT2D eigenvalue weighted by molar-refractivity contribution is 0.180. The molecule has 2 aromatic rings. The van der Waals surface area contributed by atoms with Gasteiger partial charge in [-0.2, -0.15) is 0 Å². The van der Waals surface area contributed by atoms with Crippen molar-refractivity contribution in [1.29, 1.82) is 0 Å². The number of fused-ring (bicyclic) bond motifs is 1. The fourth-order valence-corrected chi connectivity index (χ4v) is 2.04. The van der Waals surface area contributed by atoms with Crippen LogP contribution in [0.25, 0.3) is 11.2 Å². The molecule has 2 rings (SSSR count). The minimum Gasteiger partial charge on any atom is -0.393 e. The third kappa shape index (κ3) is 2.53. The van der Waals surface area contributed by atoms with Crippen LogP contribution in [0.5, 0.6) is 0 Å². The highest BCUT2D eigenvalue weighted by Gasteiger charge is 2.14. The summed E-state index contributed by atoms with van der Waals surface area (Å²) in [6.07, 6.45) is -4.68. The van der Waals surface area contributed by atoms with E-state index in [0.29, 0.717) is 0 Å². The van der Waals surface area contributed by atoms with Gasteiger partial charge in [-0.25, -0.2) is 9.78 Å². The maximum absolute atomic E-state index is 12.5. The lowest BCUT2D eigenvalue weighted by Crippen LogP contribution is -2.39. The molecule has 0 amide bonds. The van der Waals surface area contributed by atoms with Crippen LogP contribution in [-0.4, -0.2) is 29.9 Å². The number of hydrogen-bond acceptors (Lipinski definition) is 4. The number of aryl methyl sites for hydroxylation is 2. The Morgan fingerprint density at radius 2 is 2.20 bits per heavy atom. The molecule has 7 heteroatoms. The monoisotopic (exact) mass is 284 g/mol. The molecule has 0 aliphatic rings. The van der Waals surface area contributed by atoms with Crippen LogP contribution in [0.1, 0.15) is 31.6 Å². The third-order valence-corrected chi connectivity index (χ3v) is 3.08. The van der Waals surface area contributed by atoms with Crippen molar-refractivity contribution in [2.75, 3.05) is 0 Å². The maximum atomic E-state index is 12.5. The molecule has 1 unspecified atom stereocenters. The minimum absolute atomic E-state index is 0.0600. The van der Waals surface area contributed by atoms with Crippen molar-refractivity contribution in [1.82, 2.24) is 18.7 Å². The molecule has 1 atom stereocenters. The Labute approximate surface area is 121 Å². The number of aliphatic hydroxyl groups is 1. The molecule has 0 saturated heterocycles. The van der Waals surface area contributed by atoms with E-state index in [1.165, 1.54) is 23.2 Å². The Hall–Kier alpha value is -1.89. The van der Waals surface area contributed by atoms with E-state index < -0.39 is 23.7 Å². The van der Waals surface area contributed by atoms with Gasteiger partial charge in [0.15, 0.2) is 11.2 Å². The summed E-state index contributed by atoms with van der Waals surface area (Å²) in [6.45, 7) is 0.991. The fourth-order valence-electron chi connectivity index (χ4n) is 2.04. The summed E-state index contributed by atoms with van der Waals surface area (Å²) in [5.74, 6) is 0. The molecule has 0 spiro atoms. The molecule has 0 bridgehead atoms. The van der Waals surface area contributed by atoms with E-state index in [1.54, 1.807) is 0 Å². The number of imidazole rings is 1. The average molecular weight is 284 g/mol. The van der Waals surface area contributed by atoms with Crippen LogP contribution < -0.4 is 11.2 Å². The Morgan fingerprint density at radius 1 is 1.50 bits per heavy atom. The Morgan fingerprint density at radius 3 is 2.85 bits per heavy atom. The van der Waals surface area contributed by atoms with Gasteiger partial charge in [-0.15, -0.1) is 0 Å². The number of rotatable bonds is 5. The van der Waals surface area contributed by atoms with Gasteiger partial charge in [0, 0.05) is 23.4 Å². The molecule has 2 aromatic heterocycles. The van der Waals surface area contributed by atoms with Crippen molar-refractivity contribution in [3.63, 3.8) is 0 Å². The van der Waals surface area contributed by atoms with E-state index in [9.17, 15) is 14.7 Å². The highest BCUT2D eigenvalue weighted by Crippen LogP contribution is 2.04. The van der Waals surface area contributed by atoms with Crippen molar-refractivity contribution in [3.8, 4) is 0 Å². The van der Waals surface area contributed by atoms with Crippen LogP contribution in [0.3, 0.4) is 0 Å². The summed E-state index contributed by atoms with van der Waals surface area (Å²) in [6, 6.07) is 0. The highest BCUT2D eigenvalue weighted by atomic mass is 16.3. The number of nitrogens with zero attached hydrogens (tertiary/aromatic N) is 4. The maximum Gasteiger partial charge on any atom is 0.332 e.